The quantitative estimate of drug-likeness (QED) is 0.627. The van der Waals surface area contributed by atoms with Crippen molar-refractivity contribution in [1.29, 1.82) is 0 Å². The van der Waals surface area contributed by atoms with Crippen LogP contribution in [0.4, 0.5) is 0 Å². The molecule has 1 heterocycles. The van der Waals surface area contributed by atoms with E-state index in [0.29, 0.717) is 13.0 Å². The summed E-state index contributed by atoms with van der Waals surface area (Å²) >= 11 is 0. The average molecular weight is 182 g/mol. The van der Waals surface area contributed by atoms with Gasteiger partial charge in [0.2, 0.25) is 0 Å². The number of nitrogens with zero attached hydrogens (tertiary/aromatic N) is 2. The molecule has 0 bridgehead atoms. The van der Waals surface area contributed by atoms with Crippen LogP contribution in [0.25, 0.3) is 0 Å². The summed E-state index contributed by atoms with van der Waals surface area (Å²) in [5.74, 6) is 0. The summed E-state index contributed by atoms with van der Waals surface area (Å²) in [6.07, 6.45) is 5.65. The number of aryl methyl sites for hydroxylation is 2. The molecule has 13 heavy (non-hydrogen) atoms. The molecule has 0 aliphatic carbocycles. The molecule has 4 heteroatoms. The first-order valence-corrected chi connectivity index (χ1v) is 4.48. The molecule has 0 amide bonds. The Morgan fingerprint density at radius 3 is 2.46 bits per heavy atom. The number of carbonyl (C=O) groups excluding carboxylic acids is 1. The van der Waals surface area contributed by atoms with Crippen molar-refractivity contribution >= 4 is 6.29 Å². The Morgan fingerprint density at radius 2 is 1.92 bits per heavy atom. The minimum Gasteiger partial charge on any atom is -0.303 e. The first kappa shape index (κ1) is 9.77. The Morgan fingerprint density at radius 1 is 1.31 bits per heavy atom. The van der Waals surface area contributed by atoms with Crippen molar-refractivity contribution in [3.8, 4) is 0 Å². The van der Waals surface area contributed by atoms with Crippen LogP contribution < -0.4 is 5.69 Å². The van der Waals surface area contributed by atoms with E-state index >= 15 is 0 Å². The second kappa shape index (κ2) is 4.64. The highest BCUT2D eigenvalue weighted by Crippen LogP contribution is 1.89. The number of imidazole rings is 1. The zero-order valence-corrected chi connectivity index (χ0v) is 7.77. The molecule has 0 spiro atoms. The topological polar surface area (TPSA) is 44.0 Å². The van der Waals surface area contributed by atoms with Gasteiger partial charge < -0.3 is 4.79 Å². The monoisotopic (exact) mass is 182 g/mol. The number of aromatic nitrogens is 2. The van der Waals surface area contributed by atoms with Crippen LogP contribution in [0.15, 0.2) is 17.2 Å². The molecule has 0 saturated heterocycles. The second-order valence-electron chi connectivity index (χ2n) is 2.92. The van der Waals surface area contributed by atoms with Crippen LogP contribution in [0.2, 0.25) is 0 Å². The van der Waals surface area contributed by atoms with Gasteiger partial charge >= 0.3 is 5.69 Å². The van der Waals surface area contributed by atoms with E-state index in [1.807, 2.05) is 6.92 Å². The van der Waals surface area contributed by atoms with Gasteiger partial charge in [0.1, 0.15) is 6.29 Å². The van der Waals surface area contributed by atoms with Crippen LogP contribution in [-0.4, -0.2) is 15.4 Å². The molecule has 72 valence electrons. The highest BCUT2D eigenvalue weighted by atomic mass is 16.1. The molecule has 1 aromatic rings. The van der Waals surface area contributed by atoms with Gasteiger partial charge in [0, 0.05) is 31.9 Å². The summed E-state index contributed by atoms with van der Waals surface area (Å²) in [7, 11) is 0. The predicted octanol–water partition coefficient (Wildman–Crippen LogP) is 0.649. The minimum absolute atomic E-state index is 0.0244. The van der Waals surface area contributed by atoms with E-state index in [0.717, 1.165) is 19.3 Å². The zero-order valence-electron chi connectivity index (χ0n) is 7.77. The fraction of sp³-hybridized carbons (Fsp3) is 0.556. The third-order valence-corrected chi connectivity index (χ3v) is 1.87. The Kier molecular flexibility index (Phi) is 3.49. The molecule has 0 unspecified atom stereocenters. The molecule has 0 radical (unpaired) electrons. The van der Waals surface area contributed by atoms with E-state index in [1.165, 1.54) is 0 Å². The van der Waals surface area contributed by atoms with E-state index in [4.69, 9.17) is 0 Å². The number of carbonyl (C=O) groups is 1. The molecule has 1 rings (SSSR count). The lowest BCUT2D eigenvalue weighted by Gasteiger charge is -1.97. The maximum Gasteiger partial charge on any atom is 0.328 e. The molecule has 0 aromatic carbocycles. The van der Waals surface area contributed by atoms with Gasteiger partial charge in [-0.15, -0.1) is 0 Å². The lowest BCUT2D eigenvalue weighted by molar-refractivity contribution is -0.108. The molecular weight excluding hydrogens is 168 g/mol. The Hall–Kier alpha value is -1.32. The highest BCUT2D eigenvalue weighted by Gasteiger charge is 2.00. The highest BCUT2D eigenvalue weighted by molar-refractivity contribution is 5.48. The van der Waals surface area contributed by atoms with Gasteiger partial charge in [0.05, 0.1) is 0 Å². The third-order valence-electron chi connectivity index (χ3n) is 1.87. The fourth-order valence-electron chi connectivity index (χ4n) is 1.23. The van der Waals surface area contributed by atoms with Crippen molar-refractivity contribution in [2.24, 2.45) is 0 Å². The lowest BCUT2D eigenvalue weighted by atomic mass is 10.5. The summed E-state index contributed by atoms with van der Waals surface area (Å²) in [4.78, 5) is 21.6. The van der Waals surface area contributed by atoms with Crippen LogP contribution in [-0.2, 0) is 17.9 Å². The van der Waals surface area contributed by atoms with Gasteiger partial charge in [-0.05, 0) is 6.42 Å². The van der Waals surface area contributed by atoms with E-state index in [1.54, 1.807) is 21.5 Å². The van der Waals surface area contributed by atoms with Crippen LogP contribution in [0, 0.1) is 0 Å². The predicted molar refractivity (Wildman–Crippen MR) is 49.7 cm³/mol. The fourth-order valence-corrected chi connectivity index (χ4v) is 1.23. The summed E-state index contributed by atoms with van der Waals surface area (Å²) in [6, 6.07) is 0. The van der Waals surface area contributed by atoms with Crippen molar-refractivity contribution in [2.45, 2.75) is 32.9 Å². The van der Waals surface area contributed by atoms with E-state index in [2.05, 4.69) is 0 Å². The van der Waals surface area contributed by atoms with Gasteiger partial charge in [-0.2, -0.15) is 0 Å². The summed E-state index contributed by atoms with van der Waals surface area (Å²) in [5, 5.41) is 0. The van der Waals surface area contributed by atoms with Crippen LogP contribution >= 0.6 is 0 Å². The Bertz CT molecular complexity index is 325. The number of aldehydes is 1. The lowest BCUT2D eigenvalue weighted by Crippen LogP contribution is -2.24. The summed E-state index contributed by atoms with van der Waals surface area (Å²) < 4.78 is 3.22. The van der Waals surface area contributed by atoms with Crippen molar-refractivity contribution in [1.82, 2.24) is 9.13 Å². The molecule has 0 fully saturated rings. The van der Waals surface area contributed by atoms with Crippen molar-refractivity contribution in [3.05, 3.63) is 22.9 Å². The smallest absolute Gasteiger partial charge is 0.303 e. The Balaban J connectivity index is 2.74. The number of rotatable bonds is 5. The van der Waals surface area contributed by atoms with E-state index in [-0.39, 0.29) is 5.69 Å². The van der Waals surface area contributed by atoms with Gasteiger partial charge in [-0.1, -0.05) is 6.92 Å². The third kappa shape index (κ3) is 2.31. The maximum absolute atomic E-state index is 11.5. The second-order valence-corrected chi connectivity index (χ2v) is 2.92. The largest absolute Gasteiger partial charge is 0.328 e. The normalized spacial score (nSPS) is 10.2. The molecule has 0 atom stereocenters. The van der Waals surface area contributed by atoms with Gasteiger partial charge in [0.15, 0.2) is 0 Å². The first-order valence-electron chi connectivity index (χ1n) is 4.48. The molecule has 0 N–H and O–H groups in total. The van der Waals surface area contributed by atoms with Gasteiger partial charge in [-0.3, -0.25) is 9.13 Å². The van der Waals surface area contributed by atoms with E-state index in [9.17, 15) is 9.59 Å². The summed E-state index contributed by atoms with van der Waals surface area (Å²) in [5.41, 5.74) is -0.0244. The van der Waals surface area contributed by atoms with Crippen molar-refractivity contribution in [2.75, 3.05) is 0 Å². The molecular formula is C9H14N2O2. The van der Waals surface area contributed by atoms with Gasteiger partial charge in [-0.25, -0.2) is 4.79 Å². The zero-order chi connectivity index (χ0) is 9.68. The van der Waals surface area contributed by atoms with E-state index < -0.39 is 0 Å². The number of hydrogen-bond acceptors (Lipinski definition) is 2. The molecule has 4 nitrogen and oxygen atoms in total. The van der Waals surface area contributed by atoms with Gasteiger partial charge in [0.25, 0.3) is 0 Å². The number of hydrogen-bond donors (Lipinski definition) is 0. The minimum atomic E-state index is -0.0244. The first-order chi connectivity index (χ1) is 6.29. The SMILES string of the molecule is CCCn1ccn(CCC=O)c1=O. The average Bonchev–Trinajstić information content (AvgIpc) is 2.46. The van der Waals surface area contributed by atoms with Crippen LogP contribution in [0.3, 0.4) is 0 Å². The molecule has 0 saturated carbocycles. The van der Waals surface area contributed by atoms with Crippen molar-refractivity contribution in [3.63, 3.8) is 0 Å². The Labute approximate surface area is 76.8 Å². The van der Waals surface area contributed by atoms with Crippen LogP contribution in [0.1, 0.15) is 19.8 Å². The maximum atomic E-state index is 11.5. The summed E-state index contributed by atoms with van der Waals surface area (Å²) in [6.45, 7) is 3.25. The van der Waals surface area contributed by atoms with Crippen molar-refractivity contribution < 1.29 is 4.79 Å². The molecule has 0 aliphatic rings. The molecule has 1 aromatic heterocycles. The standard InChI is InChI=1S/C9H14N2O2/c1-2-4-10-6-7-11(9(10)13)5-3-8-12/h6-8H,2-5H2,1H3. The molecule has 0 aliphatic heterocycles. The van der Waals surface area contributed by atoms with Crippen LogP contribution in [0.5, 0.6) is 0 Å².